The molecule has 0 saturated carbocycles. The summed E-state index contributed by atoms with van der Waals surface area (Å²) in [5.74, 6) is 0. The molecule has 1 N–H and O–H groups in total. The third-order valence-corrected chi connectivity index (χ3v) is 8.17. The smallest absolute Gasteiger partial charge is 0.0678 e. The van der Waals surface area contributed by atoms with Crippen molar-refractivity contribution in [1.82, 2.24) is 39.6 Å². The van der Waals surface area contributed by atoms with Gasteiger partial charge in [0.15, 0.2) is 0 Å². The van der Waals surface area contributed by atoms with Gasteiger partial charge in [0, 0.05) is 111 Å². The summed E-state index contributed by atoms with van der Waals surface area (Å²) in [5, 5.41) is 3.27. The first-order chi connectivity index (χ1) is 19.5. The largest absolute Gasteiger partial charge is 0.379 e. The van der Waals surface area contributed by atoms with E-state index in [1.165, 1.54) is 65.4 Å². The summed E-state index contributed by atoms with van der Waals surface area (Å²) in [6.07, 6.45) is 0.831. The number of nitrogens with one attached hydrogen (secondary N) is 1. The van der Waals surface area contributed by atoms with Crippen molar-refractivity contribution in [3.8, 4) is 0 Å². The summed E-state index contributed by atoms with van der Waals surface area (Å²) < 4.78 is 10.6. The average molecular weight is 587 g/mol. The fourth-order valence-corrected chi connectivity index (χ4v) is 5.11. The minimum absolute atomic E-state index is 0.416. The summed E-state index contributed by atoms with van der Waals surface area (Å²) in [6, 6.07) is 0.730. The average Bonchev–Trinajstić information content (AvgIpc) is 2.92. The molecule has 5 aliphatic rings. The molecule has 0 spiro atoms. The molecule has 0 amide bonds. The van der Waals surface area contributed by atoms with Gasteiger partial charge in [0.2, 0.25) is 0 Å². The fourth-order valence-electron chi connectivity index (χ4n) is 5.11. The summed E-state index contributed by atoms with van der Waals surface area (Å²) in [6.45, 7) is 29.6. The molecular weight excluding hydrogens is 516 g/mol. The quantitative estimate of drug-likeness (QED) is 0.475. The van der Waals surface area contributed by atoms with E-state index in [1.807, 2.05) is 0 Å². The monoisotopic (exact) mass is 587 g/mol. The molecule has 2 atom stereocenters. The number of ether oxygens (including phenoxy) is 2. The lowest BCUT2D eigenvalue weighted by Gasteiger charge is -2.34. The van der Waals surface area contributed by atoms with Crippen LogP contribution in [0.5, 0.6) is 0 Å². The van der Waals surface area contributed by atoms with Crippen molar-refractivity contribution in [3.05, 3.63) is 0 Å². The molecular formula is C31H70N8O2. The van der Waals surface area contributed by atoms with Crippen molar-refractivity contribution in [3.63, 3.8) is 0 Å². The second-order valence-corrected chi connectivity index (χ2v) is 13.0. The van der Waals surface area contributed by atoms with E-state index in [0.29, 0.717) is 12.2 Å². The van der Waals surface area contributed by atoms with Crippen LogP contribution in [0.15, 0.2) is 0 Å². The van der Waals surface area contributed by atoms with Crippen LogP contribution in [0, 0.1) is 0 Å². The molecule has 0 aliphatic carbocycles. The standard InChI is InChI=1S/C8H18N2.C7H15NO.C6H14N2.C5H12N2.C5H11NO/c1-8(2)10-6-4-9(3)5-7-10;1-6-4-8(3)5-7(2)9-6;1-7-3-5-8(2)6-4-7;1-7-4-2-6-3-5-7;1-6-2-4-7-5-3-6/h8H,4-7H2,1-3H3;6-7H,4-5H2,1-3H3;3-6H2,1-2H3;6H,2-5H2,1H3;2-5H2,1H3. The van der Waals surface area contributed by atoms with Crippen LogP contribution >= 0.6 is 0 Å². The molecule has 0 aromatic carbocycles. The van der Waals surface area contributed by atoms with E-state index in [0.717, 1.165) is 58.5 Å². The van der Waals surface area contributed by atoms with Crippen LogP contribution in [0.25, 0.3) is 0 Å². The first kappa shape index (κ1) is 38.6. The molecule has 5 fully saturated rings. The Bertz CT molecular complexity index is 538. The van der Waals surface area contributed by atoms with Crippen LogP contribution in [0.2, 0.25) is 0 Å². The van der Waals surface area contributed by atoms with E-state index in [-0.39, 0.29) is 0 Å². The Morgan fingerprint density at radius 2 is 0.878 bits per heavy atom. The lowest BCUT2D eigenvalue weighted by molar-refractivity contribution is -0.0602. The highest BCUT2D eigenvalue weighted by molar-refractivity contribution is 4.72. The number of nitrogens with zero attached hydrogens (tertiary/aromatic N) is 7. The maximum atomic E-state index is 5.51. The third-order valence-electron chi connectivity index (χ3n) is 8.17. The van der Waals surface area contributed by atoms with Crippen molar-refractivity contribution in [2.24, 2.45) is 0 Å². The highest BCUT2D eigenvalue weighted by atomic mass is 16.5. The maximum absolute atomic E-state index is 5.51. The van der Waals surface area contributed by atoms with Crippen LogP contribution in [0.4, 0.5) is 0 Å². The SMILES string of the molecule is CC(C)N1CCN(C)CC1.CC1CN(C)CC(C)O1.CN1CCN(C)CC1.CN1CCNCC1.CN1CCOCC1. The zero-order chi connectivity index (χ0) is 30.6. The summed E-state index contributed by atoms with van der Waals surface area (Å²) >= 11 is 0. The van der Waals surface area contributed by atoms with E-state index in [9.17, 15) is 0 Å². The fraction of sp³-hybridized carbons (Fsp3) is 1.00. The minimum Gasteiger partial charge on any atom is -0.379 e. The number of likely N-dealkylation sites (N-methyl/N-ethyl adjacent to an activating group) is 6. The van der Waals surface area contributed by atoms with Crippen molar-refractivity contribution >= 4 is 0 Å². The first-order valence-corrected chi connectivity index (χ1v) is 16.3. The van der Waals surface area contributed by atoms with E-state index < -0.39 is 0 Å². The molecule has 10 nitrogen and oxygen atoms in total. The summed E-state index contributed by atoms with van der Waals surface area (Å²) in [4.78, 5) is 16.5. The Kier molecular flexibility index (Phi) is 21.7. The van der Waals surface area contributed by atoms with E-state index in [1.54, 1.807) is 0 Å². The van der Waals surface area contributed by atoms with Crippen LogP contribution in [0.1, 0.15) is 27.7 Å². The van der Waals surface area contributed by atoms with Gasteiger partial charge in [-0.1, -0.05) is 0 Å². The zero-order valence-corrected chi connectivity index (χ0v) is 28.9. The molecule has 5 heterocycles. The number of rotatable bonds is 1. The predicted molar refractivity (Wildman–Crippen MR) is 175 cm³/mol. The molecule has 5 aliphatic heterocycles. The number of piperazine rings is 3. The number of hydrogen-bond donors (Lipinski definition) is 1. The predicted octanol–water partition coefficient (Wildman–Crippen LogP) is 0.701. The van der Waals surface area contributed by atoms with Gasteiger partial charge < -0.3 is 44.2 Å². The van der Waals surface area contributed by atoms with Gasteiger partial charge in [0.05, 0.1) is 25.4 Å². The summed E-state index contributed by atoms with van der Waals surface area (Å²) in [5.41, 5.74) is 0. The van der Waals surface area contributed by atoms with Gasteiger partial charge in [-0.3, -0.25) is 4.90 Å². The van der Waals surface area contributed by atoms with E-state index in [2.05, 4.69) is 110 Å². The topological polar surface area (TPSA) is 53.2 Å². The number of hydrogen-bond acceptors (Lipinski definition) is 10. The molecule has 0 aromatic rings. The highest BCUT2D eigenvalue weighted by Gasteiger charge is 2.18. The Labute approximate surface area is 255 Å². The van der Waals surface area contributed by atoms with Crippen molar-refractivity contribution in [1.29, 1.82) is 0 Å². The van der Waals surface area contributed by atoms with Gasteiger partial charge in [-0.25, -0.2) is 0 Å². The Morgan fingerprint density at radius 3 is 1.17 bits per heavy atom. The molecule has 5 saturated heterocycles. The maximum Gasteiger partial charge on any atom is 0.0678 e. The zero-order valence-electron chi connectivity index (χ0n) is 28.9. The Morgan fingerprint density at radius 1 is 0.512 bits per heavy atom. The molecule has 41 heavy (non-hydrogen) atoms. The molecule has 0 radical (unpaired) electrons. The molecule has 246 valence electrons. The van der Waals surface area contributed by atoms with Crippen LogP contribution in [-0.4, -0.2) is 213 Å². The number of morpholine rings is 2. The molecule has 5 rings (SSSR count). The van der Waals surface area contributed by atoms with Gasteiger partial charge in [-0.2, -0.15) is 0 Å². The normalized spacial score (nSPS) is 28.2. The van der Waals surface area contributed by atoms with E-state index >= 15 is 0 Å². The van der Waals surface area contributed by atoms with Crippen molar-refractivity contribution < 1.29 is 9.47 Å². The lowest BCUT2D eigenvalue weighted by atomic mass is 10.2. The second-order valence-electron chi connectivity index (χ2n) is 13.0. The van der Waals surface area contributed by atoms with Gasteiger partial charge in [0.25, 0.3) is 0 Å². The van der Waals surface area contributed by atoms with E-state index in [4.69, 9.17) is 9.47 Å². The molecule has 2 unspecified atom stereocenters. The molecule has 0 bridgehead atoms. The third kappa shape index (κ3) is 21.0. The van der Waals surface area contributed by atoms with Crippen molar-refractivity contribution in [2.75, 3.05) is 160 Å². The molecule has 0 aromatic heterocycles. The Hall–Kier alpha value is -0.400. The van der Waals surface area contributed by atoms with Crippen LogP contribution in [0.3, 0.4) is 0 Å². The lowest BCUT2D eigenvalue weighted by Crippen LogP contribution is -2.47. The Balaban J connectivity index is 0.000000258. The van der Waals surface area contributed by atoms with Crippen LogP contribution < -0.4 is 5.32 Å². The summed E-state index contributed by atoms with van der Waals surface area (Å²) in [7, 11) is 12.9. The molecule has 10 heteroatoms. The van der Waals surface area contributed by atoms with Gasteiger partial charge in [0.1, 0.15) is 0 Å². The first-order valence-electron chi connectivity index (χ1n) is 16.3. The minimum atomic E-state index is 0.416. The van der Waals surface area contributed by atoms with Crippen LogP contribution in [-0.2, 0) is 9.47 Å². The highest BCUT2D eigenvalue weighted by Crippen LogP contribution is 2.07. The van der Waals surface area contributed by atoms with Gasteiger partial charge in [-0.15, -0.1) is 0 Å². The van der Waals surface area contributed by atoms with Crippen molar-refractivity contribution in [2.45, 2.75) is 45.9 Å². The van der Waals surface area contributed by atoms with Gasteiger partial charge in [-0.05, 0) is 70.0 Å². The second kappa shape index (κ2) is 23.0. The van der Waals surface area contributed by atoms with Gasteiger partial charge >= 0.3 is 0 Å².